The van der Waals surface area contributed by atoms with Crippen LogP contribution in [0.3, 0.4) is 0 Å². The van der Waals surface area contributed by atoms with Crippen molar-refractivity contribution in [2.75, 3.05) is 13.1 Å². The van der Waals surface area contributed by atoms with Gasteiger partial charge in [0.15, 0.2) is 0 Å². The fourth-order valence-electron chi connectivity index (χ4n) is 1.93. The van der Waals surface area contributed by atoms with Gasteiger partial charge in [-0.05, 0) is 31.2 Å². The molecule has 1 amide bonds. The normalized spacial score (nSPS) is 20.3. The lowest BCUT2D eigenvalue weighted by Crippen LogP contribution is -2.32. The van der Waals surface area contributed by atoms with Crippen molar-refractivity contribution in [3.63, 3.8) is 0 Å². The van der Waals surface area contributed by atoms with Crippen molar-refractivity contribution in [1.29, 1.82) is 0 Å². The maximum atomic E-state index is 11.5. The number of carbonyl (C=O) groups is 1. The number of rotatable bonds is 4. The first-order chi connectivity index (χ1) is 6.97. The lowest BCUT2D eigenvalue weighted by atomic mass is 9.92. The largest absolute Gasteiger partial charge is 0.356 e. The van der Waals surface area contributed by atoms with Gasteiger partial charge in [-0.25, -0.2) is 0 Å². The van der Waals surface area contributed by atoms with Crippen LogP contribution in [0.25, 0.3) is 0 Å². The highest BCUT2D eigenvalue weighted by Crippen LogP contribution is 2.17. The summed E-state index contributed by atoms with van der Waals surface area (Å²) in [6.07, 6.45) is 4.22. The van der Waals surface area contributed by atoms with E-state index in [0.717, 1.165) is 19.5 Å². The third kappa shape index (κ3) is 7.07. The standard InChI is InChI=1S/C12H24N2O.ClH/c1-12(2,3)9-11(15)14-8-6-10-5-4-7-13-10;/h10,13H,4-9H2,1-3H3,(H,14,15);1H/t10-;/m1./s1. The van der Waals surface area contributed by atoms with Crippen molar-refractivity contribution >= 4 is 18.3 Å². The van der Waals surface area contributed by atoms with Gasteiger partial charge in [-0.15, -0.1) is 12.4 Å². The Kier molecular flexibility index (Phi) is 7.00. The monoisotopic (exact) mass is 248 g/mol. The number of amides is 1. The summed E-state index contributed by atoms with van der Waals surface area (Å²) < 4.78 is 0. The van der Waals surface area contributed by atoms with Crippen molar-refractivity contribution in [3.8, 4) is 0 Å². The van der Waals surface area contributed by atoms with Crippen LogP contribution in [-0.4, -0.2) is 25.0 Å². The second kappa shape index (κ2) is 7.13. The second-order valence-corrected chi connectivity index (χ2v) is 5.67. The molecular weight excluding hydrogens is 224 g/mol. The van der Waals surface area contributed by atoms with E-state index in [9.17, 15) is 4.79 Å². The predicted octanol–water partition coefficient (Wildman–Crippen LogP) is 2.10. The minimum absolute atomic E-state index is 0. The van der Waals surface area contributed by atoms with Gasteiger partial charge < -0.3 is 10.6 Å². The molecule has 1 saturated heterocycles. The van der Waals surface area contributed by atoms with Gasteiger partial charge in [-0.3, -0.25) is 4.79 Å². The van der Waals surface area contributed by atoms with Crippen molar-refractivity contribution in [2.24, 2.45) is 5.41 Å². The molecule has 1 heterocycles. The van der Waals surface area contributed by atoms with Crippen LogP contribution in [0, 0.1) is 5.41 Å². The molecule has 1 aliphatic rings. The first-order valence-corrected chi connectivity index (χ1v) is 5.97. The number of nitrogens with one attached hydrogen (secondary N) is 2. The van der Waals surface area contributed by atoms with Gasteiger partial charge in [0.05, 0.1) is 0 Å². The Bertz CT molecular complexity index is 208. The van der Waals surface area contributed by atoms with Crippen molar-refractivity contribution < 1.29 is 4.79 Å². The molecule has 2 N–H and O–H groups in total. The number of hydrogen-bond donors (Lipinski definition) is 2. The molecule has 0 saturated carbocycles. The quantitative estimate of drug-likeness (QED) is 0.800. The molecule has 96 valence electrons. The Morgan fingerprint density at radius 1 is 1.44 bits per heavy atom. The molecule has 1 fully saturated rings. The zero-order valence-corrected chi connectivity index (χ0v) is 11.5. The third-order valence-electron chi connectivity index (χ3n) is 2.67. The first-order valence-electron chi connectivity index (χ1n) is 5.97. The van der Waals surface area contributed by atoms with E-state index in [1.165, 1.54) is 12.8 Å². The maximum absolute atomic E-state index is 11.5. The Labute approximate surface area is 105 Å². The number of halogens is 1. The van der Waals surface area contributed by atoms with Crippen LogP contribution in [-0.2, 0) is 4.79 Å². The number of carbonyl (C=O) groups excluding carboxylic acids is 1. The predicted molar refractivity (Wildman–Crippen MR) is 70.0 cm³/mol. The summed E-state index contributed by atoms with van der Waals surface area (Å²) >= 11 is 0. The summed E-state index contributed by atoms with van der Waals surface area (Å²) in [5, 5.41) is 6.41. The molecule has 1 aliphatic heterocycles. The second-order valence-electron chi connectivity index (χ2n) is 5.67. The lowest BCUT2D eigenvalue weighted by Gasteiger charge is -2.18. The van der Waals surface area contributed by atoms with Gasteiger partial charge in [-0.2, -0.15) is 0 Å². The van der Waals surface area contributed by atoms with Crippen LogP contribution in [0.5, 0.6) is 0 Å². The lowest BCUT2D eigenvalue weighted by molar-refractivity contribution is -0.122. The summed E-state index contributed by atoms with van der Waals surface area (Å²) in [7, 11) is 0. The van der Waals surface area contributed by atoms with Crippen LogP contribution in [0.4, 0.5) is 0 Å². The molecule has 3 nitrogen and oxygen atoms in total. The molecule has 0 radical (unpaired) electrons. The average Bonchev–Trinajstić information content (AvgIpc) is 2.53. The highest BCUT2D eigenvalue weighted by molar-refractivity contribution is 5.85. The van der Waals surface area contributed by atoms with Crippen LogP contribution in [0.1, 0.15) is 46.5 Å². The molecule has 0 bridgehead atoms. The molecule has 1 rings (SSSR count). The van der Waals surface area contributed by atoms with Crippen LogP contribution in [0.15, 0.2) is 0 Å². The maximum Gasteiger partial charge on any atom is 0.220 e. The summed E-state index contributed by atoms with van der Waals surface area (Å²) in [4.78, 5) is 11.5. The minimum atomic E-state index is 0. The van der Waals surface area contributed by atoms with E-state index in [4.69, 9.17) is 0 Å². The van der Waals surface area contributed by atoms with Crippen molar-refractivity contribution in [1.82, 2.24) is 10.6 Å². The van der Waals surface area contributed by atoms with Crippen LogP contribution in [0.2, 0.25) is 0 Å². The summed E-state index contributed by atoms with van der Waals surface area (Å²) in [5.41, 5.74) is 0.0929. The van der Waals surface area contributed by atoms with Crippen molar-refractivity contribution in [2.45, 2.75) is 52.5 Å². The van der Waals surface area contributed by atoms with Gasteiger partial charge >= 0.3 is 0 Å². The first kappa shape index (κ1) is 15.7. The molecule has 0 aliphatic carbocycles. The Morgan fingerprint density at radius 2 is 2.12 bits per heavy atom. The highest BCUT2D eigenvalue weighted by Gasteiger charge is 2.17. The molecule has 0 aromatic rings. The zero-order valence-electron chi connectivity index (χ0n) is 10.6. The fourth-order valence-corrected chi connectivity index (χ4v) is 1.93. The van der Waals surface area contributed by atoms with E-state index < -0.39 is 0 Å². The molecule has 0 unspecified atom stereocenters. The molecular formula is C12H25ClN2O. The minimum Gasteiger partial charge on any atom is -0.356 e. The van der Waals surface area contributed by atoms with Crippen molar-refractivity contribution in [3.05, 3.63) is 0 Å². The van der Waals surface area contributed by atoms with E-state index in [-0.39, 0.29) is 23.7 Å². The summed E-state index contributed by atoms with van der Waals surface area (Å²) in [6.45, 7) is 8.22. The van der Waals surface area contributed by atoms with Gasteiger partial charge in [0, 0.05) is 19.0 Å². The number of hydrogen-bond acceptors (Lipinski definition) is 2. The van der Waals surface area contributed by atoms with Crippen LogP contribution >= 0.6 is 12.4 Å². The Hall–Kier alpha value is -0.280. The van der Waals surface area contributed by atoms with Gasteiger partial charge in [0.1, 0.15) is 0 Å². The average molecular weight is 249 g/mol. The van der Waals surface area contributed by atoms with Gasteiger partial charge in [0.25, 0.3) is 0 Å². The molecule has 0 spiro atoms. The third-order valence-corrected chi connectivity index (χ3v) is 2.67. The van der Waals surface area contributed by atoms with E-state index >= 15 is 0 Å². The van der Waals surface area contributed by atoms with Crippen LogP contribution < -0.4 is 10.6 Å². The SMILES string of the molecule is CC(C)(C)CC(=O)NCC[C@H]1CCCN1.Cl. The van der Waals surface area contributed by atoms with E-state index in [2.05, 4.69) is 31.4 Å². The van der Waals surface area contributed by atoms with E-state index in [1.54, 1.807) is 0 Å². The smallest absolute Gasteiger partial charge is 0.220 e. The molecule has 4 heteroatoms. The Balaban J connectivity index is 0.00000225. The summed E-state index contributed by atoms with van der Waals surface area (Å²) in [5.74, 6) is 0.181. The van der Waals surface area contributed by atoms with E-state index in [1.807, 2.05) is 0 Å². The van der Waals surface area contributed by atoms with Gasteiger partial charge in [-0.1, -0.05) is 20.8 Å². The topological polar surface area (TPSA) is 41.1 Å². The summed E-state index contributed by atoms with van der Waals surface area (Å²) in [6, 6.07) is 0.625. The zero-order chi connectivity index (χ0) is 11.3. The highest BCUT2D eigenvalue weighted by atomic mass is 35.5. The molecule has 1 atom stereocenters. The Morgan fingerprint density at radius 3 is 2.62 bits per heavy atom. The fraction of sp³-hybridized carbons (Fsp3) is 0.917. The van der Waals surface area contributed by atoms with Gasteiger partial charge in [0.2, 0.25) is 5.91 Å². The molecule has 16 heavy (non-hydrogen) atoms. The molecule has 0 aromatic heterocycles. The molecule has 0 aromatic carbocycles. The van der Waals surface area contributed by atoms with E-state index in [0.29, 0.717) is 12.5 Å².